The summed E-state index contributed by atoms with van der Waals surface area (Å²) in [6.07, 6.45) is 0.558. The number of carboxylic acids is 1. The van der Waals surface area contributed by atoms with Gasteiger partial charge in [-0.05, 0) is 66.8 Å². The van der Waals surface area contributed by atoms with Crippen molar-refractivity contribution >= 4 is 27.7 Å². The van der Waals surface area contributed by atoms with Crippen LogP contribution in [0, 0.1) is 26.6 Å². The molecule has 7 heteroatoms. The van der Waals surface area contributed by atoms with Crippen LogP contribution in [0.15, 0.2) is 35.7 Å². The Bertz CT molecular complexity index is 1070. The molecule has 0 unspecified atom stereocenters. The van der Waals surface area contributed by atoms with E-state index in [9.17, 15) is 22.4 Å². The Morgan fingerprint density at radius 3 is 2.36 bits per heavy atom. The summed E-state index contributed by atoms with van der Waals surface area (Å²) < 4.78 is 38.0. The van der Waals surface area contributed by atoms with Crippen molar-refractivity contribution < 1.29 is 27.5 Å². The maximum absolute atomic E-state index is 13.6. The van der Waals surface area contributed by atoms with Crippen LogP contribution in [0.3, 0.4) is 0 Å². The summed E-state index contributed by atoms with van der Waals surface area (Å²) in [4.78, 5) is 22.1. The minimum absolute atomic E-state index is 0.329. The molecule has 0 aliphatic heterocycles. The molecule has 0 bridgehead atoms. The van der Waals surface area contributed by atoms with E-state index in [0.717, 1.165) is 27.7 Å². The topological polar surface area (TPSA) is 88.5 Å². The number of benzene rings is 2. The lowest BCUT2D eigenvalue weighted by Crippen LogP contribution is -2.17. The number of hydrogen-bond donors (Lipinski definition) is 1. The van der Waals surface area contributed by atoms with E-state index < -0.39 is 33.8 Å². The number of halogens is 1. The van der Waals surface area contributed by atoms with E-state index in [1.54, 1.807) is 19.1 Å². The molecule has 0 saturated heterocycles. The molecular formula is C21H21FO5S. The number of hydrogen-bond acceptors (Lipinski definition) is 4. The van der Waals surface area contributed by atoms with Crippen LogP contribution in [0.5, 0.6) is 0 Å². The van der Waals surface area contributed by atoms with Crippen molar-refractivity contribution in [2.45, 2.75) is 27.2 Å². The molecule has 0 aliphatic carbocycles. The first-order valence-electron chi connectivity index (χ1n) is 8.50. The number of carbonyl (C=O) groups excluding carboxylic acids is 1. The molecule has 0 fully saturated rings. The molecule has 0 amide bonds. The molecule has 0 heterocycles. The number of Topliss-reactive ketones (excluding diaryl/α,β-unsaturated/α-hetero) is 1. The van der Waals surface area contributed by atoms with Gasteiger partial charge < -0.3 is 5.11 Å². The van der Waals surface area contributed by atoms with E-state index in [0.29, 0.717) is 11.1 Å². The summed E-state index contributed by atoms with van der Waals surface area (Å²) in [5.41, 5.74) is 4.37. The van der Waals surface area contributed by atoms with Crippen molar-refractivity contribution in [2.24, 2.45) is 0 Å². The van der Waals surface area contributed by atoms with Crippen molar-refractivity contribution in [3.8, 4) is 11.1 Å². The third-order valence-corrected chi connectivity index (χ3v) is 5.43. The van der Waals surface area contributed by atoms with Crippen LogP contribution in [0.4, 0.5) is 4.39 Å². The van der Waals surface area contributed by atoms with Crippen molar-refractivity contribution in [1.82, 2.24) is 0 Å². The Kier molecular flexibility index (Phi) is 6.51. The molecule has 0 atom stereocenters. The van der Waals surface area contributed by atoms with Crippen LogP contribution in [0.1, 0.15) is 28.7 Å². The predicted molar refractivity (Wildman–Crippen MR) is 106 cm³/mol. The van der Waals surface area contributed by atoms with Gasteiger partial charge in [0.05, 0.1) is 0 Å². The van der Waals surface area contributed by atoms with Gasteiger partial charge >= 0.3 is 5.97 Å². The molecule has 148 valence electrons. The highest BCUT2D eigenvalue weighted by molar-refractivity contribution is 7.95. The first-order chi connectivity index (χ1) is 13.0. The zero-order chi connectivity index (χ0) is 21.1. The Balaban J connectivity index is 2.45. The SMILES string of the molecule is Cc1cc(C)c(C=CS(=O)(=O)CC(=O)CC(=O)O)c(-c2ccc(F)c(C)c2)c1. The minimum Gasteiger partial charge on any atom is -0.481 e. The van der Waals surface area contributed by atoms with E-state index in [-0.39, 0.29) is 5.82 Å². The molecule has 0 aromatic heterocycles. The summed E-state index contributed by atoms with van der Waals surface area (Å²) in [6, 6.07) is 8.44. The highest BCUT2D eigenvalue weighted by atomic mass is 32.2. The van der Waals surface area contributed by atoms with E-state index in [1.807, 2.05) is 26.0 Å². The van der Waals surface area contributed by atoms with Gasteiger partial charge in [0.25, 0.3) is 0 Å². The van der Waals surface area contributed by atoms with Gasteiger partial charge in [0.1, 0.15) is 18.0 Å². The van der Waals surface area contributed by atoms with Gasteiger partial charge in [-0.3, -0.25) is 9.59 Å². The van der Waals surface area contributed by atoms with Crippen molar-refractivity contribution in [3.63, 3.8) is 0 Å². The van der Waals surface area contributed by atoms with Gasteiger partial charge in [0.2, 0.25) is 0 Å². The van der Waals surface area contributed by atoms with Crippen LogP contribution in [0.2, 0.25) is 0 Å². The monoisotopic (exact) mass is 404 g/mol. The lowest BCUT2D eigenvalue weighted by molar-refractivity contribution is -0.139. The Morgan fingerprint density at radius 2 is 1.75 bits per heavy atom. The Labute approximate surface area is 163 Å². The van der Waals surface area contributed by atoms with Gasteiger partial charge in [-0.25, -0.2) is 12.8 Å². The van der Waals surface area contributed by atoms with Gasteiger partial charge in [-0.2, -0.15) is 0 Å². The normalized spacial score (nSPS) is 11.7. The molecule has 2 aromatic carbocycles. The lowest BCUT2D eigenvalue weighted by Gasteiger charge is -2.13. The fourth-order valence-electron chi connectivity index (χ4n) is 2.91. The second-order valence-electron chi connectivity index (χ2n) is 6.73. The highest BCUT2D eigenvalue weighted by Gasteiger charge is 2.17. The van der Waals surface area contributed by atoms with Crippen LogP contribution in [0.25, 0.3) is 17.2 Å². The lowest BCUT2D eigenvalue weighted by atomic mass is 9.93. The average molecular weight is 404 g/mol. The zero-order valence-corrected chi connectivity index (χ0v) is 16.6. The molecule has 0 spiro atoms. The van der Waals surface area contributed by atoms with Gasteiger partial charge in [0.15, 0.2) is 15.6 Å². The quantitative estimate of drug-likeness (QED) is 0.708. The van der Waals surface area contributed by atoms with Crippen molar-refractivity contribution in [1.29, 1.82) is 0 Å². The Morgan fingerprint density at radius 1 is 1.07 bits per heavy atom. The molecule has 2 rings (SSSR count). The fourth-order valence-corrected chi connectivity index (χ4v) is 3.91. The first kappa shape index (κ1) is 21.5. The predicted octanol–water partition coefficient (Wildman–Crippen LogP) is 3.85. The van der Waals surface area contributed by atoms with E-state index in [2.05, 4.69) is 0 Å². The molecule has 28 heavy (non-hydrogen) atoms. The van der Waals surface area contributed by atoms with Crippen LogP contribution in [-0.2, 0) is 19.4 Å². The number of aryl methyl sites for hydroxylation is 3. The number of aliphatic carboxylic acids is 1. The molecule has 0 aliphatic rings. The molecular weight excluding hydrogens is 383 g/mol. The van der Waals surface area contributed by atoms with E-state index in [4.69, 9.17) is 5.11 Å². The summed E-state index contributed by atoms with van der Waals surface area (Å²) in [6.45, 7) is 5.38. The fraction of sp³-hybridized carbons (Fsp3) is 0.238. The standard InChI is InChI=1S/C21H21FO5S/c1-13-8-14(2)18(6-7-28(26,27)12-17(23)11-21(24)25)19(9-13)16-4-5-20(22)15(3)10-16/h4-10H,11-12H2,1-3H3,(H,24,25). The third-order valence-electron chi connectivity index (χ3n) is 4.15. The number of carbonyl (C=O) groups is 2. The number of ketones is 1. The molecule has 0 radical (unpaired) electrons. The number of rotatable bonds is 7. The summed E-state index contributed by atoms with van der Waals surface area (Å²) in [7, 11) is -3.92. The van der Waals surface area contributed by atoms with Crippen molar-refractivity contribution in [3.05, 3.63) is 63.8 Å². The average Bonchev–Trinajstić information content (AvgIpc) is 2.54. The Hall–Kier alpha value is -2.80. The van der Waals surface area contributed by atoms with E-state index in [1.165, 1.54) is 12.1 Å². The smallest absolute Gasteiger partial charge is 0.310 e. The van der Waals surface area contributed by atoms with Gasteiger partial charge in [0, 0.05) is 5.41 Å². The third kappa shape index (κ3) is 5.60. The number of sulfone groups is 1. The molecule has 0 saturated carbocycles. The maximum atomic E-state index is 13.6. The van der Waals surface area contributed by atoms with Crippen LogP contribution < -0.4 is 0 Å². The largest absolute Gasteiger partial charge is 0.481 e. The minimum atomic E-state index is -3.92. The van der Waals surface area contributed by atoms with Gasteiger partial charge in [-0.1, -0.05) is 23.8 Å². The molecule has 1 N–H and O–H groups in total. The highest BCUT2D eigenvalue weighted by Crippen LogP contribution is 2.30. The summed E-state index contributed by atoms with van der Waals surface area (Å²) >= 11 is 0. The summed E-state index contributed by atoms with van der Waals surface area (Å²) in [5, 5.41) is 9.52. The molecule has 2 aromatic rings. The molecule has 5 nitrogen and oxygen atoms in total. The first-order valence-corrected chi connectivity index (χ1v) is 10.2. The van der Waals surface area contributed by atoms with E-state index >= 15 is 0 Å². The van der Waals surface area contributed by atoms with Crippen LogP contribution in [-0.4, -0.2) is 31.0 Å². The zero-order valence-electron chi connectivity index (χ0n) is 15.8. The summed E-state index contributed by atoms with van der Waals surface area (Å²) in [5.74, 6) is -3.45. The second kappa shape index (κ2) is 8.48. The second-order valence-corrected chi connectivity index (χ2v) is 8.61. The van der Waals surface area contributed by atoms with Crippen LogP contribution >= 0.6 is 0 Å². The maximum Gasteiger partial charge on any atom is 0.310 e. The van der Waals surface area contributed by atoms with Gasteiger partial charge in [-0.15, -0.1) is 0 Å². The number of carboxylic acid groups (broad SMARTS) is 1. The van der Waals surface area contributed by atoms with Crippen molar-refractivity contribution in [2.75, 3.05) is 5.75 Å².